The summed E-state index contributed by atoms with van der Waals surface area (Å²) in [5, 5.41) is 9.24. The monoisotopic (exact) mass is 208 g/mol. The van der Waals surface area contributed by atoms with Crippen LogP contribution in [0, 0.1) is 0 Å². The number of rotatable bonds is 4. The summed E-state index contributed by atoms with van der Waals surface area (Å²) in [6.07, 6.45) is 0.421. The van der Waals surface area contributed by atoms with E-state index in [1.807, 2.05) is 0 Å². The second-order valence-electron chi connectivity index (χ2n) is 1.64. The third-order valence-corrected chi connectivity index (χ3v) is 1.51. The summed E-state index contributed by atoms with van der Waals surface area (Å²) >= 11 is 3.02. The van der Waals surface area contributed by atoms with Crippen LogP contribution in [0.25, 0.3) is 0 Å². The zero-order chi connectivity index (χ0) is 7.98. The van der Waals surface area contributed by atoms with Gasteiger partial charge in [0.25, 0.3) is 0 Å². The molecule has 1 atom stereocenters. The van der Waals surface area contributed by atoms with Crippen LogP contribution in [0.4, 0.5) is 0 Å². The molecular formula is C6H9BrO3. The van der Waals surface area contributed by atoms with Gasteiger partial charge in [0, 0.05) is 11.4 Å². The minimum absolute atomic E-state index is 0.0100. The molecule has 0 heterocycles. The van der Waals surface area contributed by atoms with Crippen molar-refractivity contribution in [2.75, 3.05) is 11.9 Å². The Hall–Kier alpha value is -0.350. The standard InChI is InChI=1S/C6H9BrO3/c1-2-6(9)10-4-5(8)3-7/h2,5,8H,1,3-4H2. The molecule has 0 aromatic heterocycles. The highest BCUT2D eigenvalue weighted by Crippen LogP contribution is 1.91. The molecule has 0 radical (unpaired) electrons. The lowest BCUT2D eigenvalue weighted by molar-refractivity contribution is -0.140. The average molecular weight is 209 g/mol. The Labute approximate surface area is 67.8 Å². The van der Waals surface area contributed by atoms with Gasteiger partial charge in [0.05, 0.1) is 6.10 Å². The number of halogens is 1. The Bertz CT molecular complexity index is 124. The molecule has 4 heteroatoms. The van der Waals surface area contributed by atoms with Gasteiger partial charge < -0.3 is 9.84 Å². The van der Waals surface area contributed by atoms with Crippen LogP contribution in [0.1, 0.15) is 0 Å². The number of hydrogen-bond acceptors (Lipinski definition) is 3. The van der Waals surface area contributed by atoms with Crippen molar-refractivity contribution in [2.24, 2.45) is 0 Å². The van der Waals surface area contributed by atoms with E-state index in [9.17, 15) is 4.79 Å². The van der Waals surface area contributed by atoms with E-state index >= 15 is 0 Å². The summed E-state index contributed by atoms with van der Waals surface area (Å²) in [6.45, 7) is 3.21. The molecule has 0 aromatic rings. The number of ether oxygens (including phenoxy) is 1. The van der Waals surface area contributed by atoms with Gasteiger partial charge >= 0.3 is 5.97 Å². The number of esters is 1. The molecule has 1 N–H and O–H groups in total. The molecule has 0 rings (SSSR count). The molecule has 0 aliphatic heterocycles. The fraction of sp³-hybridized carbons (Fsp3) is 0.500. The Morgan fingerprint density at radius 3 is 2.90 bits per heavy atom. The normalized spacial score (nSPS) is 12.2. The molecule has 58 valence electrons. The zero-order valence-electron chi connectivity index (χ0n) is 5.42. The second kappa shape index (κ2) is 5.44. The lowest BCUT2D eigenvalue weighted by Crippen LogP contribution is -2.18. The van der Waals surface area contributed by atoms with Crippen LogP contribution in [-0.2, 0) is 9.53 Å². The largest absolute Gasteiger partial charge is 0.460 e. The van der Waals surface area contributed by atoms with E-state index in [2.05, 4.69) is 27.2 Å². The van der Waals surface area contributed by atoms with E-state index in [1.165, 1.54) is 0 Å². The van der Waals surface area contributed by atoms with Crippen molar-refractivity contribution in [2.45, 2.75) is 6.10 Å². The van der Waals surface area contributed by atoms with E-state index in [1.54, 1.807) is 0 Å². The van der Waals surface area contributed by atoms with Crippen molar-refractivity contribution in [1.29, 1.82) is 0 Å². The highest BCUT2D eigenvalue weighted by atomic mass is 79.9. The number of hydrogen-bond donors (Lipinski definition) is 1. The van der Waals surface area contributed by atoms with Crippen LogP contribution in [0.2, 0.25) is 0 Å². The summed E-state index contributed by atoms with van der Waals surface area (Å²) in [6, 6.07) is 0. The van der Waals surface area contributed by atoms with Crippen LogP contribution in [0.3, 0.4) is 0 Å². The third kappa shape index (κ3) is 4.52. The maximum atomic E-state index is 10.4. The summed E-state index contributed by atoms with van der Waals surface area (Å²) in [4.78, 5) is 10.4. The minimum atomic E-state index is -0.635. The van der Waals surface area contributed by atoms with Crippen molar-refractivity contribution < 1.29 is 14.6 Å². The number of aliphatic hydroxyl groups is 1. The van der Waals surface area contributed by atoms with Gasteiger partial charge in [-0.2, -0.15) is 0 Å². The first kappa shape index (κ1) is 9.65. The minimum Gasteiger partial charge on any atom is -0.460 e. The summed E-state index contributed by atoms with van der Waals surface area (Å²) in [5.74, 6) is -0.514. The number of carbonyl (C=O) groups excluding carboxylic acids is 1. The number of aliphatic hydroxyl groups excluding tert-OH is 1. The van der Waals surface area contributed by atoms with Crippen molar-refractivity contribution in [3.8, 4) is 0 Å². The molecule has 0 saturated heterocycles. The topological polar surface area (TPSA) is 46.5 Å². The van der Waals surface area contributed by atoms with Gasteiger partial charge in [-0.05, 0) is 0 Å². The Balaban J connectivity index is 3.34. The fourth-order valence-corrected chi connectivity index (χ4v) is 0.469. The number of carbonyl (C=O) groups is 1. The van der Waals surface area contributed by atoms with E-state index < -0.39 is 12.1 Å². The van der Waals surface area contributed by atoms with Gasteiger partial charge in [-0.3, -0.25) is 0 Å². The Kier molecular flexibility index (Phi) is 5.25. The molecule has 3 nitrogen and oxygen atoms in total. The third-order valence-electron chi connectivity index (χ3n) is 0.763. The van der Waals surface area contributed by atoms with Crippen LogP contribution in [0.15, 0.2) is 12.7 Å². The average Bonchev–Trinajstić information content (AvgIpc) is 1.99. The van der Waals surface area contributed by atoms with Gasteiger partial charge in [-0.25, -0.2) is 4.79 Å². The van der Waals surface area contributed by atoms with Gasteiger partial charge in [0.2, 0.25) is 0 Å². The first-order valence-electron chi connectivity index (χ1n) is 2.74. The van der Waals surface area contributed by atoms with Crippen molar-refractivity contribution in [3.05, 3.63) is 12.7 Å². The first-order chi connectivity index (χ1) is 4.70. The molecule has 0 amide bonds. The van der Waals surface area contributed by atoms with Gasteiger partial charge in [-0.15, -0.1) is 0 Å². The Morgan fingerprint density at radius 1 is 1.90 bits per heavy atom. The van der Waals surface area contributed by atoms with E-state index in [-0.39, 0.29) is 6.61 Å². The van der Waals surface area contributed by atoms with Crippen molar-refractivity contribution in [1.82, 2.24) is 0 Å². The van der Waals surface area contributed by atoms with Crippen LogP contribution in [0.5, 0.6) is 0 Å². The van der Waals surface area contributed by atoms with Crippen molar-refractivity contribution in [3.63, 3.8) is 0 Å². The molecule has 0 aromatic carbocycles. The number of alkyl halides is 1. The van der Waals surface area contributed by atoms with Crippen LogP contribution < -0.4 is 0 Å². The van der Waals surface area contributed by atoms with Crippen LogP contribution in [-0.4, -0.2) is 29.1 Å². The van der Waals surface area contributed by atoms with Gasteiger partial charge in [0.1, 0.15) is 6.61 Å². The zero-order valence-corrected chi connectivity index (χ0v) is 7.00. The summed E-state index contributed by atoms with van der Waals surface area (Å²) in [5.41, 5.74) is 0. The fourth-order valence-electron chi connectivity index (χ4n) is 0.282. The first-order valence-corrected chi connectivity index (χ1v) is 3.86. The lowest BCUT2D eigenvalue weighted by atomic mass is 10.4. The molecule has 0 spiro atoms. The van der Waals surface area contributed by atoms with Gasteiger partial charge in [0.15, 0.2) is 0 Å². The van der Waals surface area contributed by atoms with Gasteiger partial charge in [-0.1, -0.05) is 22.5 Å². The molecule has 0 bridgehead atoms. The maximum absolute atomic E-state index is 10.4. The predicted molar refractivity (Wildman–Crippen MR) is 41.0 cm³/mol. The van der Waals surface area contributed by atoms with Crippen molar-refractivity contribution >= 4 is 21.9 Å². The molecule has 0 aliphatic rings. The molecule has 0 fully saturated rings. The maximum Gasteiger partial charge on any atom is 0.330 e. The highest BCUT2D eigenvalue weighted by molar-refractivity contribution is 9.09. The molecular weight excluding hydrogens is 200 g/mol. The van der Waals surface area contributed by atoms with E-state index in [0.717, 1.165) is 6.08 Å². The molecule has 0 aliphatic carbocycles. The Morgan fingerprint density at radius 2 is 2.50 bits per heavy atom. The molecule has 0 saturated carbocycles. The molecule has 10 heavy (non-hydrogen) atoms. The molecule has 1 unspecified atom stereocenters. The lowest BCUT2D eigenvalue weighted by Gasteiger charge is -2.05. The highest BCUT2D eigenvalue weighted by Gasteiger charge is 2.03. The van der Waals surface area contributed by atoms with E-state index in [0.29, 0.717) is 5.33 Å². The predicted octanol–water partition coefficient (Wildman–Crippen LogP) is 0.471. The second-order valence-corrected chi connectivity index (χ2v) is 2.29. The van der Waals surface area contributed by atoms with Crippen LogP contribution >= 0.6 is 15.9 Å². The quantitative estimate of drug-likeness (QED) is 0.416. The summed E-state index contributed by atoms with van der Waals surface area (Å²) < 4.78 is 4.51. The smallest absolute Gasteiger partial charge is 0.330 e. The SMILES string of the molecule is C=CC(=O)OCC(O)CBr. The summed E-state index contributed by atoms with van der Waals surface area (Å²) in [7, 11) is 0. The van der Waals surface area contributed by atoms with E-state index in [4.69, 9.17) is 5.11 Å².